The van der Waals surface area contributed by atoms with Gasteiger partial charge >= 0.3 is 0 Å². The molecule has 3 rings (SSSR count). The van der Waals surface area contributed by atoms with Gasteiger partial charge in [0.15, 0.2) is 6.10 Å². The SMILES string of the molecule is CC[C@H](Oc1ccc2c(c1)CCCC2)C(=O)NCCCOC1CCCC1. The minimum Gasteiger partial charge on any atom is -0.481 e. The van der Waals surface area contributed by atoms with Gasteiger partial charge in [0.25, 0.3) is 5.91 Å². The molecule has 0 heterocycles. The van der Waals surface area contributed by atoms with E-state index in [1.165, 1.54) is 49.7 Å². The molecule has 0 spiro atoms. The van der Waals surface area contributed by atoms with E-state index in [9.17, 15) is 4.79 Å². The van der Waals surface area contributed by atoms with E-state index in [1.54, 1.807) is 0 Å². The fraction of sp³-hybridized carbons (Fsp3) is 0.682. The number of carbonyl (C=O) groups is 1. The highest BCUT2D eigenvalue weighted by Gasteiger charge is 2.19. The van der Waals surface area contributed by atoms with Gasteiger partial charge in [-0.1, -0.05) is 25.8 Å². The molecule has 0 saturated heterocycles. The average Bonchev–Trinajstić information content (AvgIpc) is 3.19. The molecule has 2 aliphatic carbocycles. The number of rotatable bonds is 9. The molecule has 4 heteroatoms. The quantitative estimate of drug-likeness (QED) is 0.673. The zero-order chi connectivity index (χ0) is 18.2. The fourth-order valence-corrected chi connectivity index (χ4v) is 3.97. The van der Waals surface area contributed by atoms with Crippen LogP contribution in [0.1, 0.15) is 69.4 Å². The van der Waals surface area contributed by atoms with Gasteiger partial charge in [-0.25, -0.2) is 0 Å². The lowest BCUT2D eigenvalue weighted by Crippen LogP contribution is -2.38. The summed E-state index contributed by atoms with van der Waals surface area (Å²) in [5.41, 5.74) is 2.82. The summed E-state index contributed by atoms with van der Waals surface area (Å²) in [5.74, 6) is 0.795. The van der Waals surface area contributed by atoms with Gasteiger partial charge in [0, 0.05) is 13.2 Å². The molecule has 1 aromatic carbocycles. The maximum absolute atomic E-state index is 12.4. The Morgan fingerprint density at radius 3 is 2.69 bits per heavy atom. The van der Waals surface area contributed by atoms with Crippen LogP contribution in [0.15, 0.2) is 18.2 Å². The molecule has 0 unspecified atom stereocenters. The van der Waals surface area contributed by atoms with Crippen LogP contribution in [-0.2, 0) is 22.4 Å². The minimum atomic E-state index is -0.424. The maximum Gasteiger partial charge on any atom is 0.261 e. The van der Waals surface area contributed by atoms with Gasteiger partial charge in [-0.3, -0.25) is 4.79 Å². The van der Waals surface area contributed by atoms with E-state index in [1.807, 2.05) is 13.0 Å². The summed E-state index contributed by atoms with van der Waals surface area (Å²) in [7, 11) is 0. The van der Waals surface area contributed by atoms with Crippen LogP contribution >= 0.6 is 0 Å². The number of fused-ring (bicyclic) bond motifs is 1. The molecule has 1 fully saturated rings. The van der Waals surface area contributed by atoms with Crippen molar-refractivity contribution in [2.75, 3.05) is 13.2 Å². The predicted octanol–water partition coefficient (Wildman–Crippen LogP) is 4.19. The summed E-state index contributed by atoms with van der Waals surface area (Å²) in [4.78, 5) is 12.4. The summed E-state index contributed by atoms with van der Waals surface area (Å²) >= 11 is 0. The maximum atomic E-state index is 12.4. The molecule has 2 aliphatic rings. The van der Waals surface area contributed by atoms with Crippen molar-refractivity contribution >= 4 is 5.91 Å². The third kappa shape index (κ3) is 5.47. The lowest BCUT2D eigenvalue weighted by atomic mass is 9.92. The Balaban J connectivity index is 1.40. The second-order valence-corrected chi connectivity index (χ2v) is 7.57. The molecule has 1 N–H and O–H groups in total. The molecule has 144 valence electrons. The number of amides is 1. The summed E-state index contributed by atoms with van der Waals surface area (Å²) in [5, 5.41) is 3.00. The van der Waals surface area contributed by atoms with Crippen molar-refractivity contribution in [1.29, 1.82) is 0 Å². The molecule has 1 aromatic rings. The van der Waals surface area contributed by atoms with Crippen LogP contribution in [0.4, 0.5) is 0 Å². The minimum absolute atomic E-state index is 0.0221. The number of hydrogen-bond acceptors (Lipinski definition) is 3. The Kier molecular flexibility index (Phi) is 7.36. The van der Waals surface area contributed by atoms with Crippen molar-refractivity contribution in [1.82, 2.24) is 5.32 Å². The van der Waals surface area contributed by atoms with Crippen molar-refractivity contribution < 1.29 is 14.3 Å². The topological polar surface area (TPSA) is 47.6 Å². The third-order valence-electron chi connectivity index (χ3n) is 5.54. The smallest absolute Gasteiger partial charge is 0.261 e. The Bertz CT molecular complexity index is 581. The molecular weight excluding hydrogens is 326 g/mol. The zero-order valence-corrected chi connectivity index (χ0v) is 16.1. The summed E-state index contributed by atoms with van der Waals surface area (Å²) < 4.78 is 11.8. The Morgan fingerprint density at radius 2 is 1.92 bits per heavy atom. The molecule has 4 nitrogen and oxygen atoms in total. The largest absolute Gasteiger partial charge is 0.481 e. The van der Waals surface area contributed by atoms with Gasteiger partial charge < -0.3 is 14.8 Å². The molecule has 0 aromatic heterocycles. The number of ether oxygens (including phenoxy) is 2. The molecule has 0 aliphatic heterocycles. The van der Waals surface area contributed by atoms with Crippen molar-refractivity contribution in [2.45, 2.75) is 83.3 Å². The van der Waals surface area contributed by atoms with E-state index in [2.05, 4.69) is 17.4 Å². The van der Waals surface area contributed by atoms with Crippen molar-refractivity contribution in [3.05, 3.63) is 29.3 Å². The number of nitrogens with one attached hydrogen (secondary N) is 1. The molecule has 1 amide bonds. The number of hydrogen-bond donors (Lipinski definition) is 1. The lowest BCUT2D eigenvalue weighted by Gasteiger charge is -2.20. The third-order valence-corrected chi connectivity index (χ3v) is 5.54. The van der Waals surface area contributed by atoms with Crippen LogP contribution in [0.2, 0.25) is 0 Å². The van der Waals surface area contributed by atoms with Crippen LogP contribution in [0.3, 0.4) is 0 Å². The van der Waals surface area contributed by atoms with Gasteiger partial charge in [0.2, 0.25) is 0 Å². The van der Waals surface area contributed by atoms with Gasteiger partial charge in [-0.15, -0.1) is 0 Å². The van der Waals surface area contributed by atoms with Crippen LogP contribution in [0, 0.1) is 0 Å². The van der Waals surface area contributed by atoms with Crippen molar-refractivity contribution in [2.24, 2.45) is 0 Å². The highest BCUT2D eigenvalue weighted by Crippen LogP contribution is 2.26. The van der Waals surface area contributed by atoms with E-state index >= 15 is 0 Å². The molecule has 26 heavy (non-hydrogen) atoms. The van der Waals surface area contributed by atoms with Gasteiger partial charge in [0.1, 0.15) is 5.75 Å². The molecule has 1 atom stereocenters. The Morgan fingerprint density at radius 1 is 1.15 bits per heavy atom. The summed E-state index contributed by atoms with van der Waals surface area (Å²) in [6.45, 7) is 3.37. The Hall–Kier alpha value is -1.55. The van der Waals surface area contributed by atoms with E-state index in [-0.39, 0.29) is 5.91 Å². The molecule has 1 saturated carbocycles. The first-order valence-electron chi connectivity index (χ1n) is 10.4. The van der Waals surface area contributed by atoms with Gasteiger partial charge in [-0.2, -0.15) is 0 Å². The van der Waals surface area contributed by atoms with Crippen molar-refractivity contribution in [3.63, 3.8) is 0 Å². The predicted molar refractivity (Wildman–Crippen MR) is 104 cm³/mol. The second kappa shape index (κ2) is 9.96. The molecule has 0 bridgehead atoms. The van der Waals surface area contributed by atoms with E-state index in [0.717, 1.165) is 31.6 Å². The normalized spacial score (nSPS) is 18.3. The summed E-state index contributed by atoms with van der Waals surface area (Å²) in [6, 6.07) is 6.30. The van der Waals surface area contributed by atoms with Crippen LogP contribution in [0.25, 0.3) is 0 Å². The lowest BCUT2D eigenvalue weighted by molar-refractivity contribution is -0.128. The number of aryl methyl sites for hydroxylation is 2. The van der Waals surface area contributed by atoms with Crippen LogP contribution < -0.4 is 10.1 Å². The van der Waals surface area contributed by atoms with Crippen LogP contribution in [-0.4, -0.2) is 31.3 Å². The first-order chi connectivity index (χ1) is 12.8. The van der Waals surface area contributed by atoms with Crippen molar-refractivity contribution in [3.8, 4) is 5.75 Å². The second-order valence-electron chi connectivity index (χ2n) is 7.57. The summed E-state index contributed by atoms with van der Waals surface area (Å²) in [6.07, 6.45) is 11.3. The first kappa shape index (κ1) is 19.2. The molecular formula is C22H33NO3. The number of benzene rings is 1. The highest BCUT2D eigenvalue weighted by atomic mass is 16.5. The number of carbonyl (C=O) groups excluding carboxylic acids is 1. The van der Waals surface area contributed by atoms with Gasteiger partial charge in [0.05, 0.1) is 6.10 Å². The fourth-order valence-electron chi connectivity index (χ4n) is 3.97. The first-order valence-corrected chi connectivity index (χ1v) is 10.4. The van der Waals surface area contributed by atoms with E-state index in [4.69, 9.17) is 9.47 Å². The average molecular weight is 360 g/mol. The van der Waals surface area contributed by atoms with Gasteiger partial charge in [-0.05, 0) is 74.6 Å². The molecule has 0 radical (unpaired) electrons. The van der Waals surface area contributed by atoms with Crippen LogP contribution in [0.5, 0.6) is 5.75 Å². The standard InChI is InChI=1S/C22H33NO3/c1-2-21(22(24)23-14-7-15-25-19-10-5-6-11-19)26-20-13-12-17-8-3-4-9-18(17)16-20/h12-13,16,19,21H,2-11,14-15H2,1H3,(H,23,24)/t21-/m0/s1. The highest BCUT2D eigenvalue weighted by molar-refractivity contribution is 5.81. The van der Waals surface area contributed by atoms with E-state index < -0.39 is 6.10 Å². The monoisotopic (exact) mass is 359 g/mol. The zero-order valence-electron chi connectivity index (χ0n) is 16.1. The van der Waals surface area contributed by atoms with E-state index in [0.29, 0.717) is 19.1 Å². The Labute approximate surface area is 157 Å².